The Morgan fingerprint density at radius 1 is 0.971 bits per heavy atom. The Morgan fingerprint density at radius 2 is 1.57 bits per heavy atom. The van der Waals surface area contributed by atoms with Gasteiger partial charge in [-0.2, -0.15) is 0 Å². The number of anilines is 2. The zero-order valence-corrected chi connectivity index (χ0v) is 18.8. The van der Waals surface area contributed by atoms with Crippen LogP contribution in [0.3, 0.4) is 0 Å². The van der Waals surface area contributed by atoms with Crippen LogP contribution in [-0.2, 0) is 23.4 Å². The van der Waals surface area contributed by atoms with Crippen molar-refractivity contribution in [3.63, 3.8) is 0 Å². The molecular formula is C21H24N4O9S. The van der Waals surface area contributed by atoms with Crippen molar-refractivity contribution >= 4 is 28.1 Å². The number of benzene rings is 2. The lowest BCUT2D eigenvalue weighted by Gasteiger charge is -2.30. The summed E-state index contributed by atoms with van der Waals surface area (Å²) in [4.78, 5) is 16.1. The zero-order valence-electron chi connectivity index (χ0n) is 18.0. The Bertz CT molecular complexity index is 1190. The maximum absolute atomic E-state index is 12.2. The summed E-state index contributed by atoms with van der Waals surface area (Å²) in [5.41, 5.74) is 4.32. The molecule has 0 aliphatic heterocycles. The molecule has 14 heteroatoms. The number of rotatable bonds is 9. The van der Waals surface area contributed by atoms with Crippen LogP contribution in [0.4, 0.5) is 10.8 Å². The monoisotopic (exact) mass is 508 g/mol. The molecule has 0 aliphatic carbocycles. The van der Waals surface area contributed by atoms with Crippen molar-refractivity contribution in [1.82, 2.24) is 10.3 Å². The summed E-state index contributed by atoms with van der Waals surface area (Å²) in [7, 11) is 0. The lowest BCUT2D eigenvalue weighted by molar-refractivity contribution is -0.221. The minimum atomic E-state index is -3.23. The highest BCUT2D eigenvalue weighted by atomic mass is 32.1. The number of nitrogens with two attached hydrogens (primary N) is 1. The molecule has 188 valence electrons. The van der Waals surface area contributed by atoms with Gasteiger partial charge in [-0.1, -0.05) is 30.3 Å². The summed E-state index contributed by atoms with van der Waals surface area (Å²) >= 11 is 1.09. The number of amides is 1. The molecule has 3 aromatic rings. The molecular weight excluding hydrogens is 484 g/mol. The first-order valence-electron chi connectivity index (χ1n) is 9.99. The van der Waals surface area contributed by atoms with Crippen LogP contribution in [0.25, 0.3) is 0 Å². The molecule has 1 aromatic heterocycles. The fraction of sp³-hybridized carbons (Fsp3) is 0.238. The number of nitrogens with zero attached hydrogens (tertiary/aromatic N) is 1. The Morgan fingerprint density at radius 3 is 2.11 bits per heavy atom. The van der Waals surface area contributed by atoms with Gasteiger partial charge in [0, 0.05) is 11.8 Å². The molecule has 0 saturated carbocycles. The van der Waals surface area contributed by atoms with Gasteiger partial charge in [0.05, 0.1) is 18.7 Å². The average molecular weight is 509 g/mol. The number of nitrogens with one attached hydrogen (secondary N) is 2. The van der Waals surface area contributed by atoms with E-state index in [4.69, 9.17) is 5.73 Å². The number of phenols is 4. The number of thiazole rings is 1. The molecule has 0 atom stereocenters. The number of carbonyl (C=O) groups is 1. The Hall–Kier alpha value is -3.66. The van der Waals surface area contributed by atoms with E-state index in [0.29, 0.717) is 5.56 Å². The van der Waals surface area contributed by atoms with Crippen molar-refractivity contribution in [2.75, 3.05) is 17.6 Å². The van der Waals surface area contributed by atoms with Crippen LogP contribution in [0.2, 0.25) is 0 Å². The van der Waals surface area contributed by atoms with Crippen molar-refractivity contribution in [2.45, 2.75) is 24.5 Å². The second-order valence-electron chi connectivity index (χ2n) is 7.70. The van der Waals surface area contributed by atoms with E-state index in [-0.39, 0.29) is 23.7 Å². The van der Waals surface area contributed by atoms with Gasteiger partial charge in [-0.05, 0) is 5.56 Å². The number of hydrogen-bond acceptors (Lipinski definition) is 13. The highest BCUT2D eigenvalue weighted by Crippen LogP contribution is 2.52. The Kier molecular flexibility index (Phi) is 7.35. The third kappa shape index (κ3) is 6.07. The minimum absolute atomic E-state index is 0.215. The number of aliphatic hydroxyl groups is 4. The summed E-state index contributed by atoms with van der Waals surface area (Å²) in [6.07, 6.45) is -0.686. The SMILES string of the molecule is Nc1nc(CC(=O)Nc2c(O)c(O)c(C(O)(O)CNC(O)(O)Cc3ccccc3)c(O)c2O)cs1. The van der Waals surface area contributed by atoms with Crippen LogP contribution in [0, 0.1) is 0 Å². The van der Waals surface area contributed by atoms with Crippen molar-refractivity contribution in [1.29, 1.82) is 0 Å². The molecule has 0 bridgehead atoms. The van der Waals surface area contributed by atoms with Crippen molar-refractivity contribution in [3.8, 4) is 23.0 Å². The van der Waals surface area contributed by atoms with Gasteiger partial charge in [-0.3, -0.25) is 10.1 Å². The van der Waals surface area contributed by atoms with Crippen LogP contribution in [0.15, 0.2) is 35.7 Å². The van der Waals surface area contributed by atoms with E-state index in [1.165, 1.54) is 5.38 Å². The smallest absolute Gasteiger partial charge is 0.230 e. The molecule has 0 spiro atoms. The standard InChI is InChI=1S/C21H24N4O9S/c22-19-24-11(8-35-19)6-12(26)25-14-17(29)15(27)13(16(28)18(14)30)20(31,32)9-23-21(33,34)7-10-4-2-1-3-5-10/h1-5,8,23,27-34H,6-7,9H2,(H2,22,24)(H,25,26). The Balaban J connectivity index is 1.80. The average Bonchev–Trinajstić information content (AvgIpc) is 3.19. The van der Waals surface area contributed by atoms with Crippen LogP contribution < -0.4 is 16.4 Å². The molecule has 3 rings (SSSR count). The van der Waals surface area contributed by atoms with Crippen molar-refractivity contribution in [2.24, 2.45) is 0 Å². The van der Waals surface area contributed by atoms with Gasteiger partial charge in [0.25, 0.3) is 0 Å². The van der Waals surface area contributed by atoms with Gasteiger partial charge in [0.2, 0.25) is 17.6 Å². The molecule has 0 unspecified atom stereocenters. The van der Waals surface area contributed by atoms with Gasteiger partial charge >= 0.3 is 0 Å². The molecule has 1 amide bonds. The minimum Gasteiger partial charge on any atom is -0.504 e. The van der Waals surface area contributed by atoms with Crippen molar-refractivity contribution in [3.05, 3.63) is 52.5 Å². The fourth-order valence-electron chi connectivity index (χ4n) is 3.24. The number of aromatic nitrogens is 1. The summed E-state index contributed by atoms with van der Waals surface area (Å²) in [6, 6.07) is 8.21. The summed E-state index contributed by atoms with van der Waals surface area (Å²) in [5, 5.41) is 88.2. The molecule has 13 nitrogen and oxygen atoms in total. The van der Waals surface area contributed by atoms with Crippen LogP contribution >= 0.6 is 11.3 Å². The van der Waals surface area contributed by atoms with Gasteiger partial charge in [0.1, 0.15) is 11.3 Å². The van der Waals surface area contributed by atoms with Gasteiger partial charge in [-0.25, -0.2) is 4.98 Å². The first kappa shape index (κ1) is 26.0. The molecule has 2 aromatic carbocycles. The van der Waals surface area contributed by atoms with Crippen LogP contribution in [-0.4, -0.2) is 64.2 Å². The number of aromatic hydroxyl groups is 4. The largest absolute Gasteiger partial charge is 0.504 e. The third-order valence-corrected chi connectivity index (χ3v) is 5.61. The number of hydrogen-bond donors (Lipinski definition) is 11. The lowest BCUT2D eigenvalue weighted by Crippen LogP contribution is -2.52. The van der Waals surface area contributed by atoms with E-state index < -0.39 is 58.4 Å². The van der Waals surface area contributed by atoms with E-state index in [1.807, 2.05) is 0 Å². The van der Waals surface area contributed by atoms with Gasteiger partial charge in [-0.15, -0.1) is 11.3 Å². The highest BCUT2D eigenvalue weighted by molar-refractivity contribution is 7.13. The number of phenolic OH excluding ortho intramolecular Hbond substituents is 4. The summed E-state index contributed by atoms with van der Waals surface area (Å²) in [5.74, 6) is -11.6. The first-order valence-corrected chi connectivity index (χ1v) is 10.9. The highest BCUT2D eigenvalue weighted by Gasteiger charge is 2.39. The van der Waals surface area contributed by atoms with Crippen molar-refractivity contribution < 1.29 is 45.6 Å². The van der Waals surface area contributed by atoms with E-state index in [0.717, 1.165) is 11.3 Å². The quantitative estimate of drug-likeness (QED) is 0.0980. The first-order chi connectivity index (χ1) is 16.3. The molecule has 0 saturated heterocycles. The lowest BCUT2D eigenvalue weighted by atomic mass is 10.00. The topological polar surface area (TPSA) is 242 Å². The van der Waals surface area contributed by atoms with E-state index >= 15 is 0 Å². The molecule has 1 heterocycles. The number of carbonyl (C=O) groups excluding carboxylic acids is 1. The van der Waals surface area contributed by atoms with Gasteiger partial charge < -0.3 is 51.9 Å². The van der Waals surface area contributed by atoms with Crippen LogP contribution in [0.1, 0.15) is 16.8 Å². The second kappa shape index (κ2) is 9.91. The van der Waals surface area contributed by atoms with E-state index in [9.17, 15) is 45.6 Å². The third-order valence-electron chi connectivity index (χ3n) is 4.88. The predicted octanol–water partition coefficient (Wildman–Crippen LogP) is -0.663. The van der Waals surface area contributed by atoms with E-state index in [1.54, 1.807) is 30.3 Å². The fourth-order valence-corrected chi connectivity index (χ4v) is 3.81. The molecule has 0 fully saturated rings. The second-order valence-corrected chi connectivity index (χ2v) is 8.59. The Labute approximate surface area is 202 Å². The zero-order chi connectivity index (χ0) is 26.0. The van der Waals surface area contributed by atoms with Crippen LogP contribution in [0.5, 0.6) is 23.0 Å². The normalized spacial score (nSPS) is 12.0. The molecule has 35 heavy (non-hydrogen) atoms. The number of nitrogen functional groups attached to an aromatic ring is 1. The summed E-state index contributed by atoms with van der Waals surface area (Å²) < 4.78 is 0. The van der Waals surface area contributed by atoms with E-state index in [2.05, 4.69) is 15.6 Å². The molecule has 0 aliphatic rings. The molecule has 12 N–H and O–H groups in total. The molecule has 0 radical (unpaired) electrons. The maximum atomic E-state index is 12.2. The maximum Gasteiger partial charge on any atom is 0.230 e. The summed E-state index contributed by atoms with van der Waals surface area (Å²) in [6.45, 7) is -1.08. The predicted molar refractivity (Wildman–Crippen MR) is 123 cm³/mol. The van der Waals surface area contributed by atoms with Gasteiger partial charge in [0.15, 0.2) is 28.1 Å².